The molecule has 4 aliphatic rings. The molecule has 0 radical (unpaired) electrons. The van der Waals surface area contributed by atoms with E-state index < -0.39 is 4.92 Å². The van der Waals surface area contributed by atoms with Crippen LogP contribution in [0.15, 0.2) is 24.3 Å². The first kappa shape index (κ1) is 14.8. The maximum absolute atomic E-state index is 12.4. The van der Waals surface area contributed by atoms with E-state index in [1.807, 2.05) is 0 Å². The average Bonchev–Trinajstić information content (AvgIpc) is 2.51. The van der Waals surface area contributed by atoms with Crippen LogP contribution in [0.1, 0.15) is 48.9 Å². The molecule has 0 saturated heterocycles. The van der Waals surface area contributed by atoms with Gasteiger partial charge >= 0.3 is 0 Å². The molecule has 1 aromatic carbocycles. The summed E-state index contributed by atoms with van der Waals surface area (Å²) in [5, 5.41) is 14.3. The van der Waals surface area contributed by atoms with E-state index in [4.69, 9.17) is 0 Å². The molecule has 4 fully saturated rings. The van der Waals surface area contributed by atoms with Crippen molar-refractivity contribution in [3.63, 3.8) is 0 Å². The number of benzene rings is 1. The standard InChI is InChI=1S/C18H22N2O3/c21-17(15-1-3-16(4-2-15)20(22)23)11-19-18-8-12-5-13(9-18)7-14(6-12)10-18/h1-4,12-14,19H,5-11H2. The highest BCUT2D eigenvalue weighted by atomic mass is 16.6. The first-order valence-electron chi connectivity index (χ1n) is 8.56. The molecule has 4 aliphatic carbocycles. The Morgan fingerprint density at radius 3 is 2.09 bits per heavy atom. The second-order valence-electron chi connectivity index (χ2n) is 7.78. The Hall–Kier alpha value is -1.75. The minimum Gasteiger partial charge on any atom is -0.304 e. The van der Waals surface area contributed by atoms with Crippen LogP contribution in [0.4, 0.5) is 5.69 Å². The van der Waals surface area contributed by atoms with Crippen molar-refractivity contribution in [3.8, 4) is 0 Å². The van der Waals surface area contributed by atoms with Gasteiger partial charge in [0.05, 0.1) is 11.5 Å². The van der Waals surface area contributed by atoms with Crippen LogP contribution in [0.3, 0.4) is 0 Å². The number of carbonyl (C=O) groups excluding carboxylic acids is 1. The summed E-state index contributed by atoms with van der Waals surface area (Å²) in [7, 11) is 0. The van der Waals surface area contributed by atoms with Crippen LogP contribution in [0.5, 0.6) is 0 Å². The Morgan fingerprint density at radius 2 is 1.61 bits per heavy atom. The molecule has 0 aliphatic heterocycles. The summed E-state index contributed by atoms with van der Waals surface area (Å²) in [6, 6.07) is 5.92. The van der Waals surface area contributed by atoms with Gasteiger partial charge in [-0.2, -0.15) is 0 Å². The molecule has 5 rings (SSSR count). The minimum atomic E-state index is -0.443. The van der Waals surface area contributed by atoms with Crippen LogP contribution in [0.2, 0.25) is 0 Å². The topological polar surface area (TPSA) is 72.2 Å². The highest BCUT2D eigenvalue weighted by Gasteiger charge is 2.50. The zero-order chi connectivity index (χ0) is 16.0. The minimum absolute atomic E-state index is 0.0237. The van der Waals surface area contributed by atoms with Crippen LogP contribution < -0.4 is 5.32 Å². The predicted molar refractivity (Wildman–Crippen MR) is 86.3 cm³/mol. The van der Waals surface area contributed by atoms with Crippen molar-refractivity contribution in [1.29, 1.82) is 0 Å². The van der Waals surface area contributed by atoms with Crippen molar-refractivity contribution in [3.05, 3.63) is 39.9 Å². The molecule has 5 heteroatoms. The van der Waals surface area contributed by atoms with E-state index in [1.165, 1.54) is 50.7 Å². The van der Waals surface area contributed by atoms with Gasteiger partial charge in [0.1, 0.15) is 0 Å². The monoisotopic (exact) mass is 314 g/mol. The number of hydrogen-bond acceptors (Lipinski definition) is 4. The molecule has 4 saturated carbocycles. The lowest BCUT2D eigenvalue weighted by atomic mass is 9.53. The van der Waals surface area contributed by atoms with Crippen LogP contribution >= 0.6 is 0 Å². The van der Waals surface area contributed by atoms with Gasteiger partial charge < -0.3 is 5.32 Å². The Labute approximate surface area is 135 Å². The van der Waals surface area contributed by atoms with Gasteiger partial charge in [-0.15, -0.1) is 0 Å². The Balaban J connectivity index is 1.41. The van der Waals surface area contributed by atoms with Crippen molar-refractivity contribution >= 4 is 11.5 Å². The van der Waals surface area contributed by atoms with E-state index >= 15 is 0 Å². The summed E-state index contributed by atoms with van der Waals surface area (Å²) in [5.41, 5.74) is 0.744. The number of hydrogen-bond donors (Lipinski definition) is 1. The van der Waals surface area contributed by atoms with E-state index in [2.05, 4.69) is 5.32 Å². The molecular formula is C18H22N2O3. The summed E-state index contributed by atoms with van der Waals surface area (Å²) >= 11 is 0. The van der Waals surface area contributed by atoms with Gasteiger partial charge in [-0.3, -0.25) is 14.9 Å². The van der Waals surface area contributed by atoms with Gasteiger partial charge in [0.15, 0.2) is 5.78 Å². The molecule has 0 amide bonds. The molecule has 0 atom stereocenters. The number of nitrogens with zero attached hydrogens (tertiary/aromatic N) is 1. The van der Waals surface area contributed by atoms with E-state index in [0.29, 0.717) is 12.1 Å². The van der Waals surface area contributed by atoms with Crippen molar-refractivity contribution in [2.24, 2.45) is 17.8 Å². The van der Waals surface area contributed by atoms with Crippen molar-refractivity contribution < 1.29 is 9.72 Å². The third-order valence-electron chi connectivity index (χ3n) is 6.06. The number of rotatable bonds is 5. The van der Waals surface area contributed by atoms with E-state index in [1.54, 1.807) is 12.1 Å². The molecule has 1 N–H and O–H groups in total. The van der Waals surface area contributed by atoms with Gasteiger partial charge in [-0.1, -0.05) is 0 Å². The van der Waals surface area contributed by atoms with E-state index in [-0.39, 0.29) is 17.0 Å². The second kappa shape index (κ2) is 5.41. The third-order valence-corrected chi connectivity index (χ3v) is 6.06. The molecule has 4 bridgehead atoms. The fraction of sp³-hybridized carbons (Fsp3) is 0.611. The highest BCUT2D eigenvalue weighted by Crippen LogP contribution is 2.55. The molecule has 0 spiro atoms. The number of carbonyl (C=O) groups is 1. The molecule has 122 valence electrons. The number of Topliss-reactive ketones (excluding diaryl/α,β-unsaturated/α-hetero) is 1. The summed E-state index contributed by atoms with van der Waals surface area (Å²) in [5.74, 6) is 2.57. The van der Waals surface area contributed by atoms with E-state index in [0.717, 1.165) is 17.8 Å². The molecule has 0 unspecified atom stereocenters. The zero-order valence-electron chi connectivity index (χ0n) is 13.2. The second-order valence-corrected chi connectivity index (χ2v) is 7.78. The fourth-order valence-corrected chi connectivity index (χ4v) is 5.47. The predicted octanol–water partition coefficient (Wildman–Crippen LogP) is 3.34. The molecule has 5 nitrogen and oxygen atoms in total. The first-order valence-corrected chi connectivity index (χ1v) is 8.56. The number of non-ortho nitro benzene ring substituents is 1. The number of nitrogens with one attached hydrogen (secondary N) is 1. The van der Waals surface area contributed by atoms with Crippen LogP contribution in [0.25, 0.3) is 0 Å². The van der Waals surface area contributed by atoms with Crippen LogP contribution in [0, 0.1) is 27.9 Å². The summed E-state index contributed by atoms with van der Waals surface area (Å²) in [4.78, 5) is 22.6. The van der Waals surface area contributed by atoms with Crippen LogP contribution in [-0.2, 0) is 0 Å². The highest BCUT2D eigenvalue weighted by molar-refractivity contribution is 5.97. The quantitative estimate of drug-likeness (QED) is 0.514. The Bertz CT molecular complexity index is 603. The Kier molecular flexibility index (Phi) is 3.48. The smallest absolute Gasteiger partial charge is 0.269 e. The van der Waals surface area contributed by atoms with E-state index in [9.17, 15) is 14.9 Å². The molecule has 23 heavy (non-hydrogen) atoms. The molecular weight excluding hydrogens is 292 g/mol. The lowest BCUT2D eigenvalue weighted by Crippen LogP contribution is -2.59. The summed E-state index contributed by atoms with van der Waals surface area (Å²) < 4.78 is 0. The average molecular weight is 314 g/mol. The SMILES string of the molecule is O=C(CNC12CC3CC(CC(C3)C1)C2)c1ccc([N+](=O)[O-])cc1. The Morgan fingerprint density at radius 1 is 1.09 bits per heavy atom. The van der Waals surface area contributed by atoms with Gasteiger partial charge in [-0.25, -0.2) is 0 Å². The van der Waals surface area contributed by atoms with Gasteiger partial charge in [-0.05, 0) is 68.4 Å². The van der Waals surface area contributed by atoms with Gasteiger partial charge in [0, 0.05) is 23.2 Å². The van der Waals surface area contributed by atoms with Crippen LogP contribution in [-0.4, -0.2) is 22.8 Å². The lowest BCUT2D eigenvalue weighted by Gasteiger charge is -2.57. The van der Waals surface area contributed by atoms with Gasteiger partial charge in [0.25, 0.3) is 5.69 Å². The third kappa shape index (κ3) is 2.78. The number of nitro groups is 1. The largest absolute Gasteiger partial charge is 0.304 e. The maximum Gasteiger partial charge on any atom is 0.269 e. The lowest BCUT2D eigenvalue weighted by molar-refractivity contribution is -0.384. The number of ketones is 1. The molecule has 0 heterocycles. The summed E-state index contributed by atoms with van der Waals surface area (Å²) in [6.07, 6.45) is 7.80. The first-order chi connectivity index (χ1) is 11.0. The summed E-state index contributed by atoms with van der Waals surface area (Å²) in [6.45, 7) is 0.337. The molecule has 0 aromatic heterocycles. The van der Waals surface area contributed by atoms with Crippen molar-refractivity contribution in [1.82, 2.24) is 5.32 Å². The van der Waals surface area contributed by atoms with Gasteiger partial charge in [0.2, 0.25) is 0 Å². The maximum atomic E-state index is 12.4. The fourth-order valence-electron chi connectivity index (χ4n) is 5.47. The normalized spacial score (nSPS) is 34.5. The molecule has 1 aromatic rings. The zero-order valence-corrected chi connectivity index (χ0v) is 13.2. The number of nitro benzene ring substituents is 1. The van der Waals surface area contributed by atoms with Crippen molar-refractivity contribution in [2.45, 2.75) is 44.1 Å². The van der Waals surface area contributed by atoms with Crippen molar-refractivity contribution in [2.75, 3.05) is 6.54 Å².